The monoisotopic (exact) mass is 639 g/mol. The Kier molecular flexibility index (Phi) is 7.43. The molecule has 1 fully saturated rings. The Morgan fingerprint density at radius 2 is 1.71 bits per heavy atom. The number of nitrogens with one attached hydrogen (secondary N) is 1. The van der Waals surface area contributed by atoms with Crippen LogP contribution in [0.3, 0.4) is 0 Å². The van der Waals surface area contributed by atoms with Gasteiger partial charge in [0.25, 0.3) is 5.91 Å². The first kappa shape index (κ1) is 30.0. The third-order valence-corrected chi connectivity index (χ3v) is 7.24. The minimum atomic E-state index is -4.98. The molecule has 5 heterocycles. The van der Waals surface area contributed by atoms with Crippen molar-refractivity contribution in [1.82, 2.24) is 39.6 Å². The Morgan fingerprint density at radius 3 is 2.33 bits per heavy atom. The van der Waals surface area contributed by atoms with E-state index in [1.165, 1.54) is 35.8 Å². The number of amides is 2. The molecule has 45 heavy (non-hydrogen) atoms. The molecule has 6 rings (SSSR count). The summed E-state index contributed by atoms with van der Waals surface area (Å²) in [4.78, 5) is 37.2. The number of ether oxygens (including phenoxy) is 1. The number of pyridine rings is 2. The van der Waals surface area contributed by atoms with Gasteiger partial charge in [-0.05, 0) is 33.3 Å². The molecular formula is C29H25ClF3N9O3. The van der Waals surface area contributed by atoms with Gasteiger partial charge in [-0.3, -0.25) is 14.7 Å². The molecule has 1 aromatic carbocycles. The van der Waals surface area contributed by atoms with E-state index in [9.17, 15) is 22.8 Å². The van der Waals surface area contributed by atoms with E-state index >= 15 is 0 Å². The van der Waals surface area contributed by atoms with E-state index in [4.69, 9.17) is 16.3 Å². The lowest BCUT2D eigenvalue weighted by Crippen LogP contribution is -2.47. The molecule has 0 radical (unpaired) electrons. The largest absolute Gasteiger partial charge is 0.444 e. The van der Waals surface area contributed by atoms with Crippen LogP contribution in [0, 0.1) is 0 Å². The fourth-order valence-corrected chi connectivity index (χ4v) is 5.23. The minimum Gasteiger partial charge on any atom is -0.444 e. The highest BCUT2D eigenvalue weighted by Gasteiger charge is 2.42. The fraction of sp³-hybridized carbons (Fsp3) is 0.276. The SMILES string of the molecule is CC(C)(C)OC(=O)N1CCC1c1ncc(-n2ncc(C(=O)Nc3cnc(-n4nccn4)c(Cl)c3)c2C(F)(F)F)c2ccccc12. The van der Waals surface area contributed by atoms with Crippen LogP contribution in [0.1, 0.15) is 55.0 Å². The molecule has 0 spiro atoms. The van der Waals surface area contributed by atoms with Crippen molar-refractivity contribution in [3.8, 4) is 11.5 Å². The van der Waals surface area contributed by atoms with Crippen LogP contribution in [0.4, 0.5) is 23.7 Å². The van der Waals surface area contributed by atoms with Crippen molar-refractivity contribution in [2.24, 2.45) is 0 Å². The molecule has 232 valence electrons. The number of rotatable bonds is 5. The van der Waals surface area contributed by atoms with Crippen LogP contribution in [-0.4, -0.2) is 63.8 Å². The summed E-state index contributed by atoms with van der Waals surface area (Å²) in [5.74, 6) is -0.907. The Hall–Kier alpha value is -5.05. The molecule has 1 atom stereocenters. The van der Waals surface area contributed by atoms with Gasteiger partial charge in [-0.15, -0.1) is 4.80 Å². The van der Waals surface area contributed by atoms with E-state index in [1.807, 2.05) is 0 Å². The van der Waals surface area contributed by atoms with E-state index in [2.05, 4.69) is 30.6 Å². The highest BCUT2D eigenvalue weighted by atomic mass is 35.5. The van der Waals surface area contributed by atoms with Gasteiger partial charge in [0.1, 0.15) is 5.60 Å². The number of carbonyl (C=O) groups is 2. The summed E-state index contributed by atoms with van der Waals surface area (Å²) >= 11 is 6.25. The van der Waals surface area contributed by atoms with Gasteiger partial charge in [0.15, 0.2) is 11.5 Å². The van der Waals surface area contributed by atoms with Crippen LogP contribution in [0.2, 0.25) is 5.02 Å². The van der Waals surface area contributed by atoms with Gasteiger partial charge in [0.05, 0.1) is 64.7 Å². The normalized spacial score (nSPS) is 15.2. The van der Waals surface area contributed by atoms with E-state index in [0.29, 0.717) is 34.1 Å². The molecule has 4 aromatic heterocycles. The molecule has 1 aliphatic heterocycles. The summed E-state index contributed by atoms with van der Waals surface area (Å²) in [6.45, 7) is 5.75. The highest BCUT2D eigenvalue weighted by molar-refractivity contribution is 6.32. The number of fused-ring (bicyclic) bond motifs is 1. The van der Waals surface area contributed by atoms with Crippen LogP contribution < -0.4 is 5.32 Å². The molecular weight excluding hydrogens is 615 g/mol. The van der Waals surface area contributed by atoms with Gasteiger partial charge in [0, 0.05) is 17.3 Å². The number of halogens is 4. The second-order valence-corrected chi connectivity index (χ2v) is 11.6. The Bertz CT molecular complexity index is 1920. The number of nitrogens with zero attached hydrogens (tertiary/aromatic N) is 8. The first-order valence-electron chi connectivity index (χ1n) is 13.7. The molecule has 1 saturated heterocycles. The van der Waals surface area contributed by atoms with Gasteiger partial charge >= 0.3 is 12.3 Å². The van der Waals surface area contributed by atoms with E-state index in [1.54, 1.807) is 45.0 Å². The Morgan fingerprint density at radius 1 is 1.00 bits per heavy atom. The molecule has 1 aliphatic rings. The van der Waals surface area contributed by atoms with Crippen LogP contribution in [0.5, 0.6) is 0 Å². The predicted molar refractivity (Wildman–Crippen MR) is 156 cm³/mol. The van der Waals surface area contributed by atoms with Crippen molar-refractivity contribution >= 4 is 40.1 Å². The van der Waals surface area contributed by atoms with Crippen molar-refractivity contribution < 1.29 is 27.5 Å². The summed E-state index contributed by atoms with van der Waals surface area (Å²) < 4.78 is 49.9. The first-order chi connectivity index (χ1) is 21.3. The topological polar surface area (TPSA) is 133 Å². The zero-order chi connectivity index (χ0) is 32.1. The maximum Gasteiger partial charge on any atom is 0.434 e. The van der Waals surface area contributed by atoms with Gasteiger partial charge in [-0.25, -0.2) is 14.5 Å². The molecule has 12 nitrogen and oxygen atoms in total. The van der Waals surface area contributed by atoms with Gasteiger partial charge in [-0.2, -0.15) is 28.5 Å². The number of hydrogen-bond acceptors (Lipinski definition) is 8. The summed E-state index contributed by atoms with van der Waals surface area (Å²) in [5, 5.41) is 15.2. The average Bonchev–Trinajstić information content (AvgIpc) is 3.62. The number of benzene rings is 1. The second-order valence-electron chi connectivity index (χ2n) is 11.2. The van der Waals surface area contributed by atoms with Crippen molar-refractivity contribution in [3.63, 3.8) is 0 Å². The molecule has 2 amide bonds. The first-order valence-corrected chi connectivity index (χ1v) is 14.1. The van der Waals surface area contributed by atoms with Crippen LogP contribution in [-0.2, 0) is 10.9 Å². The standard InChI is InChI=1S/C29H25ClF3N9O3/c1-28(2,3)45-27(44)40-11-8-21(40)23-18-7-5-4-6-17(18)22(15-34-23)41-24(29(31,32)33)19(14-38-41)26(43)39-16-12-20(30)25(35-13-16)42-36-9-10-37-42/h4-7,9-10,12-15,21H,8,11H2,1-3H3,(H,39,43). The molecule has 0 saturated carbocycles. The average molecular weight is 640 g/mol. The van der Waals surface area contributed by atoms with E-state index in [0.717, 1.165) is 11.0 Å². The Balaban J connectivity index is 1.35. The van der Waals surface area contributed by atoms with Crippen molar-refractivity contribution in [1.29, 1.82) is 0 Å². The number of hydrogen-bond donors (Lipinski definition) is 1. The van der Waals surface area contributed by atoms with Gasteiger partial charge in [-0.1, -0.05) is 35.9 Å². The van der Waals surface area contributed by atoms with Gasteiger partial charge < -0.3 is 10.1 Å². The van der Waals surface area contributed by atoms with Crippen LogP contribution in [0.15, 0.2) is 61.3 Å². The fourth-order valence-electron chi connectivity index (χ4n) is 4.98. The Labute approximate surface area is 258 Å². The quantitative estimate of drug-likeness (QED) is 0.248. The molecule has 1 N–H and O–H groups in total. The highest BCUT2D eigenvalue weighted by Crippen LogP contribution is 2.40. The molecule has 0 aliphatic carbocycles. The third kappa shape index (κ3) is 5.78. The summed E-state index contributed by atoms with van der Waals surface area (Å²) in [7, 11) is 0. The molecule has 16 heteroatoms. The molecule has 1 unspecified atom stereocenters. The van der Waals surface area contributed by atoms with E-state index < -0.39 is 41.1 Å². The lowest BCUT2D eigenvalue weighted by Gasteiger charge is -2.41. The lowest BCUT2D eigenvalue weighted by atomic mass is 9.95. The summed E-state index contributed by atoms with van der Waals surface area (Å²) in [6.07, 6.45) is 1.29. The van der Waals surface area contributed by atoms with Crippen LogP contribution in [0.25, 0.3) is 22.3 Å². The maximum absolute atomic E-state index is 14.6. The number of anilines is 1. The lowest BCUT2D eigenvalue weighted by molar-refractivity contribution is -0.143. The zero-order valence-corrected chi connectivity index (χ0v) is 24.8. The van der Waals surface area contributed by atoms with Gasteiger partial charge in [0.2, 0.25) is 0 Å². The predicted octanol–water partition coefficient (Wildman–Crippen LogP) is 6.00. The summed E-state index contributed by atoms with van der Waals surface area (Å²) in [5.41, 5.74) is -2.14. The van der Waals surface area contributed by atoms with Crippen molar-refractivity contribution in [2.75, 3.05) is 11.9 Å². The van der Waals surface area contributed by atoms with Crippen molar-refractivity contribution in [2.45, 2.75) is 45.0 Å². The zero-order valence-electron chi connectivity index (χ0n) is 24.1. The van der Waals surface area contributed by atoms with Crippen molar-refractivity contribution in [3.05, 3.63) is 83.3 Å². The third-order valence-electron chi connectivity index (χ3n) is 6.97. The number of alkyl halides is 3. The second kappa shape index (κ2) is 11.1. The number of carbonyl (C=O) groups excluding carboxylic acids is 2. The smallest absolute Gasteiger partial charge is 0.434 e. The maximum atomic E-state index is 14.6. The molecule has 0 bridgehead atoms. The number of likely N-dealkylation sites (tertiary alicyclic amines) is 1. The van der Waals surface area contributed by atoms with Crippen LogP contribution >= 0.6 is 11.6 Å². The van der Waals surface area contributed by atoms with E-state index in [-0.39, 0.29) is 22.2 Å². The minimum absolute atomic E-state index is 0.00431. The molecule has 5 aromatic rings. The number of aromatic nitrogens is 7. The summed E-state index contributed by atoms with van der Waals surface area (Å²) in [6, 6.07) is 7.66.